The van der Waals surface area contributed by atoms with Crippen LogP contribution in [0.5, 0.6) is 0 Å². The van der Waals surface area contributed by atoms with Crippen molar-refractivity contribution in [3.63, 3.8) is 0 Å². The van der Waals surface area contributed by atoms with Crippen molar-refractivity contribution in [1.29, 1.82) is 0 Å². The number of furan rings is 1. The molecule has 0 spiro atoms. The first kappa shape index (κ1) is 19.7. The Morgan fingerprint density at radius 1 is 1.18 bits per heavy atom. The van der Waals surface area contributed by atoms with Crippen molar-refractivity contribution in [3.05, 3.63) is 60.1 Å². The maximum Gasteiger partial charge on any atom is 0.290 e. The normalized spacial score (nSPS) is 12.0. The van der Waals surface area contributed by atoms with Crippen LogP contribution in [0.2, 0.25) is 0 Å². The third-order valence-electron chi connectivity index (χ3n) is 5.03. The minimum absolute atomic E-state index is 0.0661. The maximum atomic E-state index is 13.1. The van der Waals surface area contributed by atoms with Gasteiger partial charge in [0.25, 0.3) is 5.91 Å². The van der Waals surface area contributed by atoms with Crippen LogP contribution in [0.4, 0.5) is 5.82 Å². The number of amides is 1. The van der Waals surface area contributed by atoms with Crippen LogP contribution in [0.1, 0.15) is 36.4 Å². The number of hydrogen-bond donors (Lipinski definition) is 0. The van der Waals surface area contributed by atoms with E-state index in [0.717, 1.165) is 29.1 Å². The van der Waals surface area contributed by atoms with Crippen molar-refractivity contribution in [2.24, 2.45) is 7.05 Å². The summed E-state index contributed by atoms with van der Waals surface area (Å²) in [5.74, 6) is 1.24. The molecule has 1 unspecified atom stereocenters. The van der Waals surface area contributed by atoms with E-state index < -0.39 is 0 Å². The minimum atomic E-state index is -0.105. The maximum absolute atomic E-state index is 13.1. The van der Waals surface area contributed by atoms with Crippen LogP contribution in [0.15, 0.2) is 53.1 Å². The van der Waals surface area contributed by atoms with Gasteiger partial charge in [-0.1, -0.05) is 37.3 Å². The molecule has 1 aromatic carbocycles. The average molecular weight is 380 g/mol. The first-order chi connectivity index (χ1) is 13.4. The number of benzene rings is 1. The third-order valence-corrected chi connectivity index (χ3v) is 5.03. The smallest absolute Gasteiger partial charge is 0.290 e. The predicted octanol–water partition coefficient (Wildman–Crippen LogP) is 4.19. The van der Waals surface area contributed by atoms with Gasteiger partial charge in [-0.05, 0) is 25.5 Å². The number of carbonyl (C=O) groups excluding carboxylic acids is 1. The number of anilines is 1. The Bertz CT molecular complexity index is 914. The SMILES string of the molecule is CCC(C)N(Cc1c(-c2ccccc2)nn(C)c1N(C)C)C(=O)c1ccco1. The lowest BCUT2D eigenvalue weighted by atomic mass is 10.1. The van der Waals surface area contributed by atoms with Crippen molar-refractivity contribution in [3.8, 4) is 11.3 Å². The van der Waals surface area contributed by atoms with E-state index in [1.807, 2.05) is 66.0 Å². The van der Waals surface area contributed by atoms with E-state index in [4.69, 9.17) is 9.52 Å². The number of nitrogens with zero attached hydrogens (tertiary/aromatic N) is 4. The number of carbonyl (C=O) groups is 1. The second-order valence-corrected chi connectivity index (χ2v) is 7.20. The molecule has 0 aliphatic heterocycles. The van der Waals surface area contributed by atoms with E-state index in [1.165, 1.54) is 6.26 Å². The second kappa shape index (κ2) is 8.33. The molecule has 3 rings (SSSR count). The van der Waals surface area contributed by atoms with Crippen molar-refractivity contribution in [2.75, 3.05) is 19.0 Å². The molecule has 6 nitrogen and oxygen atoms in total. The van der Waals surface area contributed by atoms with E-state index in [0.29, 0.717) is 12.3 Å². The molecule has 0 aliphatic carbocycles. The summed E-state index contributed by atoms with van der Waals surface area (Å²) in [6.07, 6.45) is 2.39. The van der Waals surface area contributed by atoms with Crippen LogP contribution in [-0.4, -0.2) is 40.7 Å². The summed E-state index contributed by atoms with van der Waals surface area (Å²) in [5.41, 5.74) is 2.96. The van der Waals surface area contributed by atoms with E-state index >= 15 is 0 Å². The van der Waals surface area contributed by atoms with Gasteiger partial charge in [0.15, 0.2) is 5.76 Å². The molecule has 0 saturated carbocycles. The van der Waals surface area contributed by atoms with Gasteiger partial charge in [0.05, 0.1) is 18.5 Å². The lowest BCUT2D eigenvalue weighted by Gasteiger charge is -2.29. The topological polar surface area (TPSA) is 54.5 Å². The minimum Gasteiger partial charge on any atom is -0.459 e. The van der Waals surface area contributed by atoms with Gasteiger partial charge >= 0.3 is 0 Å². The van der Waals surface area contributed by atoms with Crippen LogP contribution in [0, 0.1) is 0 Å². The molecular formula is C22H28N4O2. The van der Waals surface area contributed by atoms with Crippen LogP contribution in [-0.2, 0) is 13.6 Å². The highest BCUT2D eigenvalue weighted by atomic mass is 16.3. The van der Waals surface area contributed by atoms with E-state index in [-0.39, 0.29) is 11.9 Å². The Labute approximate surface area is 166 Å². The Morgan fingerprint density at radius 3 is 2.46 bits per heavy atom. The first-order valence-electron chi connectivity index (χ1n) is 9.57. The Morgan fingerprint density at radius 2 is 1.89 bits per heavy atom. The van der Waals surface area contributed by atoms with Crippen LogP contribution < -0.4 is 4.90 Å². The molecule has 0 aliphatic rings. The highest BCUT2D eigenvalue weighted by Gasteiger charge is 2.28. The molecule has 3 aromatic rings. The third kappa shape index (κ3) is 3.81. The monoisotopic (exact) mass is 380 g/mol. The van der Waals surface area contributed by atoms with Crippen LogP contribution >= 0.6 is 0 Å². The molecular weight excluding hydrogens is 352 g/mol. The van der Waals surface area contributed by atoms with Gasteiger partial charge in [-0.3, -0.25) is 9.48 Å². The number of aromatic nitrogens is 2. The molecule has 1 atom stereocenters. The lowest BCUT2D eigenvalue weighted by molar-refractivity contribution is 0.0639. The first-order valence-corrected chi connectivity index (χ1v) is 9.57. The zero-order valence-electron chi connectivity index (χ0n) is 17.2. The van der Waals surface area contributed by atoms with Crippen molar-refractivity contribution >= 4 is 11.7 Å². The van der Waals surface area contributed by atoms with Gasteiger partial charge in [0.2, 0.25) is 0 Å². The van der Waals surface area contributed by atoms with E-state index in [2.05, 4.69) is 13.8 Å². The molecule has 6 heteroatoms. The molecule has 2 heterocycles. The van der Waals surface area contributed by atoms with E-state index in [1.54, 1.807) is 12.1 Å². The Hall–Kier alpha value is -3.02. The fourth-order valence-corrected chi connectivity index (χ4v) is 3.45. The molecule has 1 amide bonds. The summed E-state index contributed by atoms with van der Waals surface area (Å²) in [6.45, 7) is 4.61. The average Bonchev–Trinajstić information content (AvgIpc) is 3.33. The lowest BCUT2D eigenvalue weighted by Crippen LogP contribution is -2.38. The van der Waals surface area contributed by atoms with Crippen molar-refractivity contribution in [1.82, 2.24) is 14.7 Å². The largest absolute Gasteiger partial charge is 0.459 e. The standard InChI is InChI=1S/C22H28N4O2/c1-6-16(2)26(22(27)19-13-10-14-28-19)15-18-20(17-11-8-7-9-12-17)23-25(5)21(18)24(3)4/h7-14,16H,6,15H2,1-5H3. The Kier molecular flexibility index (Phi) is 5.87. The summed E-state index contributed by atoms with van der Waals surface area (Å²) in [5, 5.41) is 4.78. The molecule has 0 N–H and O–H groups in total. The van der Waals surface area contributed by atoms with Gasteiger partial charge < -0.3 is 14.2 Å². The highest BCUT2D eigenvalue weighted by Crippen LogP contribution is 2.32. The van der Waals surface area contributed by atoms with Crippen molar-refractivity contribution < 1.29 is 9.21 Å². The van der Waals surface area contributed by atoms with Crippen LogP contribution in [0.3, 0.4) is 0 Å². The molecule has 148 valence electrons. The number of rotatable bonds is 7. The summed E-state index contributed by atoms with van der Waals surface area (Å²) in [4.78, 5) is 17.1. The second-order valence-electron chi connectivity index (χ2n) is 7.20. The molecule has 28 heavy (non-hydrogen) atoms. The highest BCUT2D eigenvalue weighted by molar-refractivity contribution is 5.92. The zero-order valence-corrected chi connectivity index (χ0v) is 17.2. The Balaban J connectivity index is 2.08. The predicted molar refractivity (Wildman–Crippen MR) is 111 cm³/mol. The zero-order chi connectivity index (χ0) is 20.3. The molecule has 0 fully saturated rings. The van der Waals surface area contributed by atoms with E-state index in [9.17, 15) is 4.79 Å². The summed E-state index contributed by atoms with van der Waals surface area (Å²) < 4.78 is 7.26. The van der Waals surface area contributed by atoms with Gasteiger partial charge in [0.1, 0.15) is 5.82 Å². The quantitative estimate of drug-likeness (QED) is 0.617. The van der Waals surface area contributed by atoms with Gasteiger partial charge in [-0.25, -0.2) is 0 Å². The summed E-state index contributed by atoms with van der Waals surface area (Å²) in [7, 11) is 5.93. The summed E-state index contributed by atoms with van der Waals surface area (Å²) >= 11 is 0. The number of aryl methyl sites for hydroxylation is 1. The summed E-state index contributed by atoms with van der Waals surface area (Å²) in [6, 6.07) is 13.6. The van der Waals surface area contributed by atoms with Gasteiger partial charge in [-0.2, -0.15) is 5.10 Å². The molecule has 0 bridgehead atoms. The molecule has 0 radical (unpaired) electrons. The van der Waals surface area contributed by atoms with Crippen molar-refractivity contribution in [2.45, 2.75) is 32.9 Å². The molecule has 2 aromatic heterocycles. The number of hydrogen-bond acceptors (Lipinski definition) is 4. The fraction of sp³-hybridized carbons (Fsp3) is 0.364. The van der Waals surface area contributed by atoms with Crippen LogP contribution in [0.25, 0.3) is 11.3 Å². The fourth-order valence-electron chi connectivity index (χ4n) is 3.45. The molecule has 0 saturated heterocycles. The van der Waals surface area contributed by atoms with Gasteiger partial charge in [0, 0.05) is 38.3 Å². The van der Waals surface area contributed by atoms with Gasteiger partial charge in [-0.15, -0.1) is 0 Å².